The minimum atomic E-state index is -0.0353. The zero-order valence-corrected chi connectivity index (χ0v) is 12.4. The summed E-state index contributed by atoms with van der Waals surface area (Å²) in [5.74, 6) is 0. The zero-order valence-electron chi connectivity index (χ0n) is 12.4. The smallest absolute Gasteiger partial charge is 0.315 e. The number of carbonyl (C=O) groups is 1. The van der Waals surface area contributed by atoms with Gasteiger partial charge in [0.1, 0.15) is 0 Å². The second-order valence-electron chi connectivity index (χ2n) is 5.79. The third kappa shape index (κ3) is 4.87. The number of rotatable bonds is 3. The van der Waals surface area contributed by atoms with Gasteiger partial charge in [0, 0.05) is 6.04 Å². The molecule has 2 N–H and O–H groups in total. The molecule has 0 spiro atoms. The molecule has 1 aromatic carbocycles. The molecule has 1 aromatic rings. The Labute approximate surface area is 122 Å². The van der Waals surface area contributed by atoms with Crippen molar-refractivity contribution in [3.05, 3.63) is 35.9 Å². The molecule has 0 radical (unpaired) electrons. The fraction of sp³-hybridized carbons (Fsp3) is 0.588. The zero-order chi connectivity index (χ0) is 14.2. The highest BCUT2D eigenvalue weighted by Gasteiger charge is 2.15. The third-order valence-corrected chi connectivity index (χ3v) is 4.09. The van der Waals surface area contributed by atoms with Crippen LogP contribution in [-0.4, -0.2) is 12.1 Å². The van der Waals surface area contributed by atoms with E-state index < -0.39 is 0 Å². The van der Waals surface area contributed by atoms with Crippen molar-refractivity contribution in [1.29, 1.82) is 0 Å². The molecule has 1 unspecified atom stereocenters. The van der Waals surface area contributed by atoms with Crippen molar-refractivity contribution in [2.45, 2.75) is 64.0 Å². The molecule has 3 heteroatoms. The molecule has 1 saturated carbocycles. The van der Waals surface area contributed by atoms with Crippen LogP contribution in [0.25, 0.3) is 0 Å². The molecule has 3 nitrogen and oxygen atoms in total. The Morgan fingerprint density at radius 2 is 1.65 bits per heavy atom. The van der Waals surface area contributed by atoms with E-state index in [1.54, 1.807) is 0 Å². The van der Waals surface area contributed by atoms with Gasteiger partial charge in [0.05, 0.1) is 6.04 Å². The number of benzene rings is 1. The molecule has 1 aliphatic carbocycles. The largest absolute Gasteiger partial charge is 0.335 e. The molecule has 0 heterocycles. The number of amides is 2. The van der Waals surface area contributed by atoms with Gasteiger partial charge in [-0.1, -0.05) is 62.4 Å². The first-order valence-electron chi connectivity index (χ1n) is 7.87. The fourth-order valence-corrected chi connectivity index (χ4v) is 2.85. The lowest BCUT2D eigenvalue weighted by Gasteiger charge is -2.23. The van der Waals surface area contributed by atoms with Crippen LogP contribution in [0.3, 0.4) is 0 Å². The monoisotopic (exact) mass is 274 g/mol. The number of hydrogen-bond donors (Lipinski definition) is 2. The van der Waals surface area contributed by atoms with Gasteiger partial charge in [-0.15, -0.1) is 0 Å². The van der Waals surface area contributed by atoms with Gasteiger partial charge in [0.15, 0.2) is 0 Å². The first kappa shape index (κ1) is 14.9. The molecule has 0 aliphatic heterocycles. The minimum Gasteiger partial charge on any atom is -0.335 e. The number of carbonyl (C=O) groups excluding carboxylic acids is 1. The van der Waals surface area contributed by atoms with E-state index in [9.17, 15) is 4.79 Å². The van der Waals surface area contributed by atoms with Crippen LogP contribution >= 0.6 is 0 Å². The van der Waals surface area contributed by atoms with E-state index in [0.717, 1.165) is 18.4 Å². The summed E-state index contributed by atoms with van der Waals surface area (Å²) in [6.45, 7) is 2.02. The summed E-state index contributed by atoms with van der Waals surface area (Å²) in [7, 11) is 0. The van der Waals surface area contributed by atoms with Crippen molar-refractivity contribution in [3.8, 4) is 0 Å². The predicted octanol–water partition coefficient (Wildman–Crippen LogP) is 4.16. The third-order valence-electron chi connectivity index (χ3n) is 4.09. The molecule has 2 rings (SSSR count). The van der Waals surface area contributed by atoms with Crippen LogP contribution in [0.15, 0.2) is 30.3 Å². The SMILES string of the molecule is CC(NC(=O)NC1CCCCCCC1)c1ccccc1. The quantitative estimate of drug-likeness (QED) is 0.853. The van der Waals surface area contributed by atoms with Crippen molar-refractivity contribution in [2.75, 3.05) is 0 Å². The van der Waals surface area contributed by atoms with Crippen LogP contribution in [0.2, 0.25) is 0 Å². The van der Waals surface area contributed by atoms with E-state index in [0.29, 0.717) is 6.04 Å². The molecule has 1 aliphatic rings. The minimum absolute atomic E-state index is 0.0353. The van der Waals surface area contributed by atoms with E-state index in [-0.39, 0.29) is 12.1 Å². The maximum absolute atomic E-state index is 12.1. The van der Waals surface area contributed by atoms with E-state index in [2.05, 4.69) is 10.6 Å². The van der Waals surface area contributed by atoms with Crippen LogP contribution in [0.1, 0.15) is 63.5 Å². The molecule has 20 heavy (non-hydrogen) atoms. The lowest BCUT2D eigenvalue weighted by atomic mass is 9.97. The lowest BCUT2D eigenvalue weighted by molar-refractivity contribution is 0.231. The Balaban J connectivity index is 1.79. The van der Waals surface area contributed by atoms with Gasteiger partial charge in [0.2, 0.25) is 0 Å². The van der Waals surface area contributed by atoms with Crippen molar-refractivity contribution in [3.63, 3.8) is 0 Å². The van der Waals surface area contributed by atoms with Crippen LogP contribution in [0, 0.1) is 0 Å². The van der Waals surface area contributed by atoms with Gasteiger partial charge >= 0.3 is 6.03 Å². The topological polar surface area (TPSA) is 41.1 Å². The molecule has 2 amide bonds. The molecular formula is C17H26N2O. The highest BCUT2D eigenvalue weighted by molar-refractivity contribution is 5.74. The molecule has 110 valence electrons. The van der Waals surface area contributed by atoms with Crippen molar-refractivity contribution < 1.29 is 4.79 Å². The van der Waals surface area contributed by atoms with Gasteiger partial charge in [0.25, 0.3) is 0 Å². The summed E-state index contributed by atoms with van der Waals surface area (Å²) in [4.78, 5) is 12.1. The van der Waals surface area contributed by atoms with Crippen molar-refractivity contribution in [2.24, 2.45) is 0 Å². The average molecular weight is 274 g/mol. The molecule has 0 bridgehead atoms. The molecule has 0 saturated heterocycles. The summed E-state index contributed by atoms with van der Waals surface area (Å²) in [5.41, 5.74) is 1.14. The first-order valence-corrected chi connectivity index (χ1v) is 7.87. The Morgan fingerprint density at radius 1 is 1.05 bits per heavy atom. The summed E-state index contributed by atoms with van der Waals surface area (Å²) in [5, 5.41) is 6.17. The highest BCUT2D eigenvalue weighted by atomic mass is 16.2. The number of urea groups is 1. The van der Waals surface area contributed by atoms with Crippen LogP contribution < -0.4 is 10.6 Å². The van der Waals surface area contributed by atoms with E-state index >= 15 is 0 Å². The number of nitrogens with one attached hydrogen (secondary N) is 2. The average Bonchev–Trinajstić information content (AvgIpc) is 2.42. The van der Waals surface area contributed by atoms with Gasteiger partial charge < -0.3 is 10.6 Å². The summed E-state index contributed by atoms with van der Waals surface area (Å²) in [6, 6.07) is 10.4. The summed E-state index contributed by atoms with van der Waals surface area (Å²) in [6.07, 6.45) is 8.67. The maximum atomic E-state index is 12.1. The molecule has 1 atom stereocenters. The highest BCUT2D eigenvalue weighted by Crippen LogP contribution is 2.17. The Bertz CT molecular complexity index is 397. The standard InChI is InChI=1S/C17H26N2O/c1-14(15-10-6-5-7-11-15)18-17(20)19-16-12-8-3-2-4-9-13-16/h5-7,10-11,14,16H,2-4,8-9,12-13H2,1H3,(H2,18,19,20). The van der Waals surface area contributed by atoms with Gasteiger partial charge in [-0.05, 0) is 25.3 Å². The molecule has 0 aromatic heterocycles. The van der Waals surface area contributed by atoms with Gasteiger partial charge in [-0.2, -0.15) is 0 Å². The summed E-state index contributed by atoms with van der Waals surface area (Å²) < 4.78 is 0. The molecule has 1 fully saturated rings. The lowest BCUT2D eigenvalue weighted by Crippen LogP contribution is -2.43. The normalized spacial score (nSPS) is 18.6. The van der Waals surface area contributed by atoms with Crippen LogP contribution in [0.4, 0.5) is 4.79 Å². The second-order valence-corrected chi connectivity index (χ2v) is 5.79. The van der Waals surface area contributed by atoms with Crippen molar-refractivity contribution >= 4 is 6.03 Å². The number of hydrogen-bond acceptors (Lipinski definition) is 1. The van der Waals surface area contributed by atoms with E-state index in [1.165, 1.54) is 32.1 Å². The Hall–Kier alpha value is -1.51. The Morgan fingerprint density at radius 3 is 2.30 bits per heavy atom. The van der Waals surface area contributed by atoms with Crippen LogP contribution in [0.5, 0.6) is 0 Å². The van der Waals surface area contributed by atoms with E-state index in [1.807, 2.05) is 37.3 Å². The summed E-state index contributed by atoms with van der Waals surface area (Å²) >= 11 is 0. The fourth-order valence-electron chi connectivity index (χ4n) is 2.85. The van der Waals surface area contributed by atoms with Gasteiger partial charge in [-0.25, -0.2) is 4.79 Å². The van der Waals surface area contributed by atoms with E-state index in [4.69, 9.17) is 0 Å². The maximum Gasteiger partial charge on any atom is 0.315 e. The van der Waals surface area contributed by atoms with Crippen LogP contribution in [-0.2, 0) is 0 Å². The van der Waals surface area contributed by atoms with Crippen molar-refractivity contribution in [1.82, 2.24) is 10.6 Å². The molecular weight excluding hydrogens is 248 g/mol. The predicted molar refractivity (Wildman–Crippen MR) is 82.6 cm³/mol. The van der Waals surface area contributed by atoms with Gasteiger partial charge in [-0.3, -0.25) is 0 Å². The Kier molecular flexibility index (Phi) is 5.90. The second kappa shape index (κ2) is 7.93. The first-order chi connectivity index (χ1) is 9.75.